The number of anilines is 1. The summed E-state index contributed by atoms with van der Waals surface area (Å²) in [5.41, 5.74) is 2.45. The van der Waals surface area contributed by atoms with Gasteiger partial charge >= 0.3 is 5.97 Å². The van der Waals surface area contributed by atoms with E-state index in [0.717, 1.165) is 5.56 Å². The van der Waals surface area contributed by atoms with E-state index in [0.29, 0.717) is 21.7 Å². The van der Waals surface area contributed by atoms with Crippen LogP contribution in [0.15, 0.2) is 78.0 Å². The molecule has 0 spiro atoms. The van der Waals surface area contributed by atoms with Crippen molar-refractivity contribution in [1.82, 2.24) is 10.3 Å². The number of amides is 2. The predicted molar refractivity (Wildman–Crippen MR) is 124 cm³/mol. The Labute approximate surface area is 190 Å². The smallest absolute Gasteiger partial charge is 0.318 e. The summed E-state index contributed by atoms with van der Waals surface area (Å²) in [6, 6.07) is 17.6. The lowest BCUT2D eigenvalue weighted by Crippen LogP contribution is -2.24. The Bertz CT molecular complexity index is 1110. The number of methoxy groups -OCH3 is 1. The highest BCUT2D eigenvalue weighted by atomic mass is 32.2. The molecule has 1 atom stereocenters. The lowest BCUT2D eigenvalue weighted by molar-refractivity contribution is -0.139. The summed E-state index contributed by atoms with van der Waals surface area (Å²) in [5.74, 6) is -0.841. The van der Waals surface area contributed by atoms with Gasteiger partial charge in [-0.15, -0.1) is 11.8 Å². The lowest BCUT2D eigenvalue weighted by atomic mass is 10.1. The Balaban J connectivity index is 1.64. The molecule has 164 valence electrons. The average Bonchev–Trinajstić information content (AvgIpc) is 2.83. The summed E-state index contributed by atoms with van der Waals surface area (Å²) in [6.07, 6.45) is 3.12. The van der Waals surface area contributed by atoms with Crippen LogP contribution in [0, 0.1) is 0 Å². The second-order valence-corrected chi connectivity index (χ2v) is 8.24. The maximum absolute atomic E-state index is 12.8. The second kappa shape index (κ2) is 11.1. The second-order valence-electron chi connectivity index (χ2n) is 6.85. The van der Waals surface area contributed by atoms with Gasteiger partial charge in [-0.1, -0.05) is 24.3 Å². The van der Waals surface area contributed by atoms with Gasteiger partial charge in [0, 0.05) is 35.1 Å². The summed E-state index contributed by atoms with van der Waals surface area (Å²) in [6.45, 7) is 2.01. The van der Waals surface area contributed by atoms with Crippen LogP contribution in [-0.4, -0.2) is 35.1 Å². The van der Waals surface area contributed by atoms with Gasteiger partial charge in [-0.2, -0.15) is 0 Å². The van der Waals surface area contributed by atoms with E-state index in [1.165, 1.54) is 18.9 Å². The number of benzene rings is 2. The number of hydrogen-bond donors (Lipinski definition) is 2. The van der Waals surface area contributed by atoms with Crippen molar-refractivity contribution >= 4 is 35.2 Å². The molecule has 1 heterocycles. The minimum absolute atomic E-state index is 0.237. The van der Waals surface area contributed by atoms with Gasteiger partial charge in [-0.3, -0.25) is 19.4 Å². The molecule has 2 N–H and O–H groups in total. The number of aromatic nitrogens is 1. The van der Waals surface area contributed by atoms with Gasteiger partial charge in [0.05, 0.1) is 12.7 Å². The highest BCUT2D eigenvalue weighted by Gasteiger charge is 2.19. The number of ether oxygens (including phenoxy) is 1. The molecule has 0 saturated carbocycles. The van der Waals surface area contributed by atoms with E-state index in [2.05, 4.69) is 15.6 Å². The normalized spacial score (nSPS) is 11.3. The fourth-order valence-electron chi connectivity index (χ4n) is 2.90. The highest BCUT2D eigenvalue weighted by Crippen LogP contribution is 2.27. The number of nitrogens with one attached hydrogen (secondary N) is 2. The summed E-state index contributed by atoms with van der Waals surface area (Å²) >= 11 is 1.27. The molecular weight excluding hydrogens is 426 g/mol. The van der Waals surface area contributed by atoms with Crippen LogP contribution in [0.1, 0.15) is 33.2 Å². The van der Waals surface area contributed by atoms with Gasteiger partial charge in [0.25, 0.3) is 11.8 Å². The third-order valence-electron chi connectivity index (χ3n) is 4.55. The van der Waals surface area contributed by atoms with Crippen LogP contribution >= 0.6 is 11.8 Å². The molecular formula is C24H23N3O4S. The van der Waals surface area contributed by atoms with Crippen LogP contribution in [0.5, 0.6) is 0 Å². The molecule has 3 rings (SSSR count). The molecule has 3 aromatic rings. The highest BCUT2D eigenvalue weighted by molar-refractivity contribution is 8.00. The van der Waals surface area contributed by atoms with E-state index in [1.54, 1.807) is 61.8 Å². The molecule has 0 fully saturated rings. The molecule has 8 heteroatoms. The zero-order valence-corrected chi connectivity index (χ0v) is 18.5. The molecule has 1 aromatic heterocycles. The molecule has 0 bridgehead atoms. The number of esters is 1. The van der Waals surface area contributed by atoms with Crippen molar-refractivity contribution in [3.63, 3.8) is 0 Å². The van der Waals surface area contributed by atoms with Gasteiger partial charge in [0.1, 0.15) is 5.25 Å². The molecule has 0 aliphatic carbocycles. The van der Waals surface area contributed by atoms with E-state index in [9.17, 15) is 14.4 Å². The molecule has 2 aromatic carbocycles. The third-order valence-corrected chi connectivity index (χ3v) is 5.70. The van der Waals surface area contributed by atoms with Crippen LogP contribution in [0.4, 0.5) is 5.69 Å². The Morgan fingerprint density at radius 1 is 1.00 bits per heavy atom. The number of thioether (sulfide) groups is 1. The number of carbonyl (C=O) groups excluding carboxylic acids is 3. The Morgan fingerprint density at radius 3 is 2.50 bits per heavy atom. The molecule has 0 aliphatic heterocycles. The minimum Gasteiger partial charge on any atom is -0.468 e. The van der Waals surface area contributed by atoms with E-state index in [-0.39, 0.29) is 24.3 Å². The Morgan fingerprint density at radius 2 is 1.75 bits per heavy atom. The van der Waals surface area contributed by atoms with Crippen molar-refractivity contribution < 1.29 is 19.1 Å². The summed E-state index contributed by atoms with van der Waals surface area (Å²) < 4.78 is 4.76. The van der Waals surface area contributed by atoms with Crippen molar-refractivity contribution in [3.05, 3.63) is 89.7 Å². The van der Waals surface area contributed by atoms with Crippen molar-refractivity contribution in [2.75, 3.05) is 12.4 Å². The number of carbonyl (C=O) groups is 3. The quantitative estimate of drug-likeness (QED) is 0.400. The van der Waals surface area contributed by atoms with Gasteiger partial charge in [-0.05, 0) is 48.9 Å². The molecule has 7 nitrogen and oxygen atoms in total. The molecule has 0 radical (unpaired) electrons. The maximum Gasteiger partial charge on any atom is 0.318 e. The van der Waals surface area contributed by atoms with Crippen molar-refractivity contribution in [3.8, 4) is 0 Å². The SMILES string of the molecule is COC(=O)C(C)Sc1ccccc1C(=O)NCc1cccc(NC(=O)c2ccncc2)c1. The molecule has 0 saturated heterocycles. The Kier molecular flexibility index (Phi) is 7.99. The zero-order valence-electron chi connectivity index (χ0n) is 17.7. The van der Waals surface area contributed by atoms with Gasteiger partial charge < -0.3 is 15.4 Å². The minimum atomic E-state index is -0.436. The van der Waals surface area contributed by atoms with E-state index < -0.39 is 5.25 Å². The first-order valence-electron chi connectivity index (χ1n) is 9.90. The first-order chi connectivity index (χ1) is 15.5. The first kappa shape index (κ1) is 23.0. The number of hydrogen-bond acceptors (Lipinski definition) is 6. The summed E-state index contributed by atoms with van der Waals surface area (Å²) in [7, 11) is 1.34. The fraction of sp³-hybridized carbons (Fsp3) is 0.167. The Hall–Kier alpha value is -3.65. The van der Waals surface area contributed by atoms with E-state index >= 15 is 0 Å². The largest absolute Gasteiger partial charge is 0.468 e. The van der Waals surface area contributed by atoms with Gasteiger partial charge in [-0.25, -0.2) is 0 Å². The summed E-state index contributed by atoms with van der Waals surface area (Å²) in [4.78, 5) is 41.4. The van der Waals surface area contributed by atoms with Crippen LogP contribution in [0.3, 0.4) is 0 Å². The van der Waals surface area contributed by atoms with Crippen molar-refractivity contribution in [2.45, 2.75) is 23.6 Å². The molecule has 1 unspecified atom stereocenters. The van der Waals surface area contributed by atoms with Gasteiger partial charge in [0.2, 0.25) is 0 Å². The van der Waals surface area contributed by atoms with Crippen LogP contribution < -0.4 is 10.6 Å². The first-order valence-corrected chi connectivity index (χ1v) is 10.8. The number of nitrogens with zero attached hydrogens (tertiary/aromatic N) is 1. The number of pyridine rings is 1. The topological polar surface area (TPSA) is 97.4 Å². The van der Waals surface area contributed by atoms with E-state index in [1.807, 2.05) is 18.2 Å². The number of rotatable bonds is 8. The van der Waals surface area contributed by atoms with Gasteiger partial charge in [0.15, 0.2) is 0 Å². The monoisotopic (exact) mass is 449 g/mol. The zero-order chi connectivity index (χ0) is 22.9. The predicted octanol–water partition coefficient (Wildman–Crippen LogP) is 3.92. The average molecular weight is 450 g/mol. The fourth-order valence-corrected chi connectivity index (χ4v) is 3.92. The lowest BCUT2D eigenvalue weighted by Gasteiger charge is -2.13. The van der Waals surface area contributed by atoms with E-state index in [4.69, 9.17) is 4.74 Å². The summed E-state index contributed by atoms with van der Waals surface area (Å²) in [5, 5.41) is 5.30. The van der Waals surface area contributed by atoms with Crippen LogP contribution in [0.2, 0.25) is 0 Å². The molecule has 2 amide bonds. The van der Waals surface area contributed by atoms with Crippen molar-refractivity contribution in [1.29, 1.82) is 0 Å². The maximum atomic E-state index is 12.8. The third kappa shape index (κ3) is 6.18. The molecule has 32 heavy (non-hydrogen) atoms. The van der Waals surface area contributed by atoms with Crippen molar-refractivity contribution in [2.24, 2.45) is 0 Å². The standard InChI is InChI=1S/C24H23N3O4S/c1-16(24(30)31-2)32-21-9-4-3-8-20(21)23(29)26-15-17-6-5-7-19(14-17)27-22(28)18-10-12-25-13-11-18/h3-14,16H,15H2,1-2H3,(H,26,29)(H,27,28). The molecule has 0 aliphatic rings. The van der Waals surface area contributed by atoms with Crippen LogP contribution in [0.25, 0.3) is 0 Å². The van der Waals surface area contributed by atoms with Crippen LogP contribution in [-0.2, 0) is 16.1 Å².